The fourth-order valence-corrected chi connectivity index (χ4v) is 2.92. The lowest BCUT2D eigenvalue weighted by Crippen LogP contribution is -2.40. The van der Waals surface area contributed by atoms with Crippen LogP contribution in [0.3, 0.4) is 0 Å². The van der Waals surface area contributed by atoms with Gasteiger partial charge in [0.2, 0.25) is 0 Å². The molecule has 1 saturated heterocycles. The molecule has 0 radical (unpaired) electrons. The zero-order chi connectivity index (χ0) is 17.6. The number of ether oxygens (including phenoxy) is 2. The Bertz CT molecular complexity index is 722. The monoisotopic (exact) mass is 340 g/mol. The van der Waals surface area contributed by atoms with Gasteiger partial charge in [0.25, 0.3) is 5.91 Å². The third-order valence-electron chi connectivity index (χ3n) is 4.35. The molecule has 5 heteroatoms. The fourth-order valence-electron chi connectivity index (χ4n) is 2.92. The second-order valence-corrected chi connectivity index (χ2v) is 6.15. The number of carbonyl (C=O) groups excluding carboxylic acids is 1. The Hall–Kier alpha value is -2.53. The Morgan fingerprint density at radius 1 is 1.16 bits per heavy atom. The molecule has 132 valence electrons. The lowest BCUT2D eigenvalue weighted by atomic mass is 10.1. The molecule has 1 aliphatic rings. The number of amides is 1. The van der Waals surface area contributed by atoms with Crippen LogP contribution in [0.4, 0.5) is 5.69 Å². The molecule has 1 N–H and O–H groups in total. The molecule has 1 aliphatic heterocycles. The van der Waals surface area contributed by atoms with Crippen LogP contribution in [-0.2, 0) is 11.3 Å². The molecular formula is C20H24N2O3. The lowest BCUT2D eigenvalue weighted by molar-refractivity contribution is 0.0303. The van der Waals surface area contributed by atoms with Crippen molar-refractivity contribution in [3.63, 3.8) is 0 Å². The summed E-state index contributed by atoms with van der Waals surface area (Å²) in [4.78, 5) is 14.3. The highest BCUT2D eigenvalue weighted by Gasteiger charge is 2.18. The van der Waals surface area contributed by atoms with Crippen LogP contribution < -0.4 is 10.1 Å². The first kappa shape index (κ1) is 17.3. The van der Waals surface area contributed by atoms with Crippen molar-refractivity contribution in [2.45, 2.75) is 13.5 Å². The van der Waals surface area contributed by atoms with E-state index in [2.05, 4.69) is 18.3 Å². The Balaban J connectivity index is 1.63. The third kappa shape index (κ3) is 4.31. The SMILES string of the molecule is COc1ccc(C)cc1CNc1ccc(C(=O)N2CCOCC2)cc1. The van der Waals surface area contributed by atoms with Crippen molar-refractivity contribution in [3.8, 4) is 5.75 Å². The molecule has 0 saturated carbocycles. The first-order valence-electron chi connectivity index (χ1n) is 8.52. The van der Waals surface area contributed by atoms with E-state index in [1.165, 1.54) is 5.56 Å². The summed E-state index contributed by atoms with van der Waals surface area (Å²) >= 11 is 0. The van der Waals surface area contributed by atoms with E-state index >= 15 is 0 Å². The van der Waals surface area contributed by atoms with Gasteiger partial charge in [0.1, 0.15) is 5.75 Å². The Labute approximate surface area is 148 Å². The van der Waals surface area contributed by atoms with Crippen molar-refractivity contribution in [3.05, 3.63) is 59.2 Å². The molecule has 25 heavy (non-hydrogen) atoms. The van der Waals surface area contributed by atoms with Crippen LogP contribution in [0, 0.1) is 6.92 Å². The molecule has 2 aromatic rings. The van der Waals surface area contributed by atoms with Crippen LogP contribution in [-0.4, -0.2) is 44.2 Å². The summed E-state index contributed by atoms with van der Waals surface area (Å²) < 4.78 is 10.7. The van der Waals surface area contributed by atoms with Gasteiger partial charge in [-0.2, -0.15) is 0 Å². The number of anilines is 1. The lowest BCUT2D eigenvalue weighted by Gasteiger charge is -2.26. The van der Waals surface area contributed by atoms with E-state index in [1.54, 1.807) is 7.11 Å². The number of nitrogens with zero attached hydrogens (tertiary/aromatic N) is 1. The zero-order valence-corrected chi connectivity index (χ0v) is 14.7. The Morgan fingerprint density at radius 2 is 1.88 bits per heavy atom. The normalized spacial score (nSPS) is 14.2. The number of hydrogen-bond donors (Lipinski definition) is 1. The summed E-state index contributed by atoms with van der Waals surface area (Å²) in [6.45, 7) is 5.28. The number of methoxy groups -OCH3 is 1. The smallest absolute Gasteiger partial charge is 0.254 e. The van der Waals surface area contributed by atoms with E-state index in [4.69, 9.17) is 9.47 Å². The highest BCUT2D eigenvalue weighted by atomic mass is 16.5. The fraction of sp³-hybridized carbons (Fsp3) is 0.350. The number of carbonyl (C=O) groups is 1. The maximum absolute atomic E-state index is 12.4. The topological polar surface area (TPSA) is 50.8 Å². The molecular weight excluding hydrogens is 316 g/mol. The van der Waals surface area contributed by atoms with Crippen LogP contribution in [0.5, 0.6) is 5.75 Å². The van der Waals surface area contributed by atoms with Crippen molar-refractivity contribution in [2.75, 3.05) is 38.7 Å². The van der Waals surface area contributed by atoms with Gasteiger partial charge in [-0.05, 0) is 37.3 Å². The van der Waals surface area contributed by atoms with Crippen molar-refractivity contribution >= 4 is 11.6 Å². The van der Waals surface area contributed by atoms with E-state index in [9.17, 15) is 4.79 Å². The highest BCUT2D eigenvalue weighted by Crippen LogP contribution is 2.21. The summed E-state index contributed by atoms with van der Waals surface area (Å²) in [5.41, 5.74) is 3.99. The van der Waals surface area contributed by atoms with E-state index in [0.29, 0.717) is 38.4 Å². The standard InChI is InChI=1S/C20H24N2O3/c1-15-3-8-19(24-2)17(13-15)14-21-18-6-4-16(5-7-18)20(23)22-9-11-25-12-10-22/h3-8,13,21H,9-12,14H2,1-2H3. The number of benzene rings is 2. The average molecular weight is 340 g/mol. The van der Waals surface area contributed by atoms with Crippen LogP contribution in [0.2, 0.25) is 0 Å². The van der Waals surface area contributed by atoms with Gasteiger partial charge in [-0.1, -0.05) is 17.7 Å². The first-order chi connectivity index (χ1) is 12.2. The molecule has 0 spiro atoms. The molecule has 0 aliphatic carbocycles. The van der Waals surface area contributed by atoms with Crippen molar-refractivity contribution < 1.29 is 14.3 Å². The number of rotatable bonds is 5. The maximum atomic E-state index is 12.4. The van der Waals surface area contributed by atoms with E-state index in [1.807, 2.05) is 41.3 Å². The van der Waals surface area contributed by atoms with Gasteiger partial charge in [-0.3, -0.25) is 4.79 Å². The van der Waals surface area contributed by atoms with Gasteiger partial charge in [0.05, 0.1) is 20.3 Å². The van der Waals surface area contributed by atoms with E-state index < -0.39 is 0 Å². The molecule has 0 aromatic heterocycles. The van der Waals surface area contributed by atoms with Crippen LogP contribution in [0.15, 0.2) is 42.5 Å². The predicted octanol–water partition coefficient (Wildman–Crippen LogP) is 3.09. The van der Waals surface area contributed by atoms with Gasteiger partial charge in [-0.25, -0.2) is 0 Å². The van der Waals surface area contributed by atoms with Crippen molar-refractivity contribution in [2.24, 2.45) is 0 Å². The van der Waals surface area contributed by atoms with Crippen molar-refractivity contribution in [1.29, 1.82) is 0 Å². The quantitative estimate of drug-likeness (QED) is 0.909. The maximum Gasteiger partial charge on any atom is 0.254 e. The second kappa shape index (κ2) is 8.03. The average Bonchev–Trinajstić information content (AvgIpc) is 2.67. The van der Waals surface area contributed by atoms with Crippen molar-refractivity contribution in [1.82, 2.24) is 4.90 Å². The van der Waals surface area contributed by atoms with E-state index in [0.717, 1.165) is 17.0 Å². The molecule has 5 nitrogen and oxygen atoms in total. The molecule has 0 atom stereocenters. The zero-order valence-electron chi connectivity index (χ0n) is 14.7. The molecule has 0 unspecified atom stereocenters. The summed E-state index contributed by atoms with van der Waals surface area (Å²) in [5.74, 6) is 0.937. The molecule has 1 heterocycles. The Morgan fingerprint density at radius 3 is 2.56 bits per heavy atom. The molecule has 1 fully saturated rings. The molecule has 0 bridgehead atoms. The van der Waals surface area contributed by atoms with Gasteiger partial charge < -0.3 is 19.7 Å². The summed E-state index contributed by atoms with van der Waals surface area (Å²) in [6, 6.07) is 13.8. The second-order valence-electron chi connectivity index (χ2n) is 6.15. The van der Waals surface area contributed by atoms with Gasteiger partial charge in [-0.15, -0.1) is 0 Å². The van der Waals surface area contributed by atoms with Crippen LogP contribution >= 0.6 is 0 Å². The Kier molecular flexibility index (Phi) is 5.56. The molecule has 2 aromatic carbocycles. The summed E-state index contributed by atoms with van der Waals surface area (Å²) in [6.07, 6.45) is 0. The first-order valence-corrected chi connectivity index (χ1v) is 8.52. The van der Waals surface area contributed by atoms with Gasteiger partial charge in [0, 0.05) is 36.4 Å². The summed E-state index contributed by atoms with van der Waals surface area (Å²) in [7, 11) is 1.68. The third-order valence-corrected chi connectivity index (χ3v) is 4.35. The molecule has 1 amide bonds. The minimum Gasteiger partial charge on any atom is -0.496 e. The molecule has 3 rings (SSSR count). The minimum atomic E-state index is 0.0650. The number of morpholine rings is 1. The summed E-state index contributed by atoms with van der Waals surface area (Å²) in [5, 5.41) is 3.38. The number of aryl methyl sites for hydroxylation is 1. The predicted molar refractivity (Wildman–Crippen MR) is 98.2 cm³/mol. The minimum absolute atomic E-state index is 0.0650. The van der Waals surface area contributed by atoms with E-state index in [-0.39, 0.29) is 5.91 Å². The van der Waals surface area contributed by atoms with Crippen LogP contribution in [0.25, 0.3) is 0 Å². The largest absolute Gasteiger partial charge is 0.496 e. The highest BCUT2D eigenvalue weighted by molar-refractivity contribution is 5.94. The van der Waals surface area contributed by atoms with Gasteiger partial charge >= 0.3 is 0 Å². The van der Waals surface area contributed by atoms with Gasteiger partial charge in [0.15, 0.2) is 0 Å². The van der Waals surface area contributed by atoms with Crippen LogP contribution in [0.1, 0.15) is 21.5 Å². The number of nitrogens with one attached hydrogen (secondary N) is 1. The number of hydrogen-bond acceptors (Lipinski definition) is 4.